The number of nitrogens with one attached hydrogen (secondary N) is 1. The number of carbonyl (C=O) groups is 1. The van der Waals surface area contributed by atoms with Crippen molar-refractivity contribution in [2.45, 2.75) is 26.3 Å². The molecule has 0 aliphatic rings. The van der Waals surface area contributed by atoms with Crippen LogP contribution in [0, 0.1) is 0 Å². The lowest BCUT2D eigenvalue weighted by molar-refractivity contribution is -0.148. The molecular weight excluding hydrogens is 218 g/mol. The maximum absolute atomic E-state index is 11.1. The van der Waals surface area contributed by atoms with Gasteiger partial charge in [0.25, 0.3) is 9.24 Å². The van der Waals surface area contributed by atoms with E-state index in [4.69, 9.17) is 10.7 Å². The van der Waals surface area contributed by atoms with Crippen molar-refractivity contribution < 1.29 is 17.9 Å². The highest BCUT2D eigenvalue weighted by molar-refractivity contribution is 8.12. The first-order valence-electron chi connectivity index (χ1n) is 3.60. The van der Waals surface area contributed by atoms with Crippen LogP contribution in [0.5, 0.6) is 0 Å². The van der Waals surface area contributed by atoms with Gasteiger partial charge in [0.05, 0.1) is 6.61 Å². The third-order valence-electron chi connectivity index (χ3n) is 1.16. The fraction of sp³-hybridized carbons (Fsp3) is 0.833. The zero-order valence-electron chi connectivity index (χ0n) is 7.63. The molecule has 5 nitrogen and oxygen atoms in total. The van der Waals surface area contributed by atoms with Gasteiger partial charge in [0.1, 0.15) is 5.54 Å². The van der Waals surface area contributed by atoms with Gasteiger partial charge in [0.2, 0.25) is 0 Å². The molecule has 13 heavy (non-hydrogen) atoms. The van der Waals surface area contributed by atoms with Crippen LogP contribution < -0.4 is 4.72 Å². The van der Waals surface area contributed by atoms with E-state index in [2.05, 4.69) is 4.74 Å². The van der Waals surface area contributed by atoms with Crippen LogP contribution in [0.25, 0.3) is 0 Å². The Morgan fingerprint density at radius 1 is 1.54 bits per heavy atom. The zero-order valence-corrected chi connectivity index (χ0v) is 9.20. The van der Waals surface area contributed by atoms with Gasteiger partial charge in [-0.05, 0) is 20.8 Å². The number of rotatable bonds is 4. The third-order valence-corrected chi connectivity index (χ3v) is 2.15. The summed E-state index contributed by atoms with van der Waals surface area (Å²) in [5.41, 5.74) is -1.34. The number of carbonyl (C=O) groups excluding carboxylic acids is 1. The van der Waals surface area contributed by atoms with E-state index in [9.17, 15) is 13.2 Å². The summed E-state index contributed by atoms with van der Waals surface area (Å²) in [6.07, 6.45) is 0. The SMILES string of the molecule is CCOC(=O)C(C)(C)NS(=O)(=O)Cl. The summed E-state index contributed by atoms with van der Waals surface area (Å²) >= 11 is 0. The number of halogens is 1. The molecule has 0 bridgehead atoms. The Morgan fingerprint density at radius 2 is 2.00 bits per heavy atom. The summed E-state index contributed by atoms with van der Waals surface area (Å²) in [6, 6.07) is 0. The van der Waals surface area contributed by atoms with Crippen LogP contribution in [0.15, 0.2) is 0 Å². The molecule has 0 aromatic carbocycles. The quantitative estimate of drug-likeness (QED) is 0.560. The van der Waals surface area contributed by atoms with Crippen LogP contribution in [0.4, 0.5) is 0 Å². The van der Waals surface area contributed by atoms with Crippen LogP contribution in [0.1, 0.15) is 20.8 Å². The number of esters is 1. The lowest BCUT2D eigenvalue weighted by Gasteiger charge is -2.21. The molecule has 0 atom stereocenters. The second-order valence-electron chi connectivity index (χ2n) is 2.89. The first-order chi connectivity index (χ1) is 5.69. The third kappa shape index (κ3) is 5.07. The molecule has 0 amide bonds. The van der Waals surface area contributed by atoms with Gasteiger partial charge >= 0.3 is 5.97 Å². The first kappa shape index (κ1) is 12.7. The molecule has 0 unspecified atom stereocenters. The van der Waals surface area contributed by atoms with Crippen LogP contribution in [0.2, 0.25) is 0 Å². The number of hydrogen-bond donors (Lipinski definition) is 1. The molecule has 0 aliphatic heterocycles. The van der Waals surface area contributed by atoms with E-state index in [0.717, 1.165) is 0 Å². The van der Waals surface area contributed by atoms with Crippen LogP contribution in [0.3, 0.4) is 0 Å². The van der Waals surface area contributed by atoms with Crippen molar-refractivity contribution >= 4 is 25.9 Å². The van der Waals surface area contributed by atoms with E-state index in [1.807, 2.05) is 4.72 Å². The van der Waals surface area contributed by atoms with Crippen molar-refractivity contribution in [3.63, 3.8) is 0 Å². The zero-order chi connectivity index (χ0) is 10.7. The predicted octanol–water partition coefficient (Wildman–Crippen LogP) is 0.401. The molecule has 7 heteroatoms. The molecule has 1 N–H and O–H groups in total. The summed E-state index contributed by atoms with van der Waals surface area (Å²) in [4.78, 5) is 11.1. The summed E-state index contributed by atoms with van der Waals surface area (Å²) < 4.78 is 27.8. The van der Waals surface area contributed by atoms with E-state index in [-0.39, 0.29) is 6.61 Å². The molecule has 0 aromatic rings. The summed E-state index contributed by atoms with van der Waals surface area (Å²) in [5.74, 6) is -0.667. The van der Waals surface area contributed by atoms with Crippen molar-refractivity contribution in [3.05, 3.63) is 0 Å². The first-order valence-corrected chi connectivity index (χ1v) is 5.91. The second-order valence-corrected chi connectivity index (χ2v) is 5.18. The van der Waals surface area contributed by atoms with Crippen LogP contribution in [-0.2, 0) is 18.8 Å². The van der Waals surface area contributed by atoms with Gasteiger partial charge in [-0.25, -0.2) is 0 Å². The van der Waals surface area contributed by atoms with E-state index < -0.39 is 20.7 Å². The Kier molecular flexibility index (Phi) is 4.15. The number of hydrogen-bond acceptors (Lipinski definition) is 4. The van der Waals surface area contributed by atoms with E-state index >= 15 is 0 Å². The molecule has 0 fully saturated rings. The van der Waals surface area contributed by atoms with Crippen LogP contribution >= 0.6 is 10.7 Å². The van der Waals surface area contributed by atoms with Crippen molar-refractivity contribution in [1.82, 2.24) is 4.72 Å². The summed E-state index contributed by atoms with van der Waals surface area (Å²) in [7, 11) is 0.991. The molecule has 0 aliphatic carbocycles. The predicted molar refractivity (Wildman–Crippen MR) is 48.6 cm³/mol. The van der Waals surface area contributed by atoms with Crippen molar-refractivity contribution in [3.8, 4) is 0 Å². The summed E-state index contributed by atoms with van der Waals surface area (Å²) in [5, 5.41) is 0. The lowest BCUT2D eigenvalue weighted by Crippen LogP contribution is -2.49. The molecule has 0 heterocycles. The van der Waals surface area contributed by atoms with Gasteiger partial charge in [-0.1, -0.05) is 0 Å². The fourth-order valence-electron chi connectivity index (χ4n) is 0.658. The Hall–Kier alpha value is -0.330. The Balaban J connectivity index is 4.49. The van der Waals surface area contributed by atoms with Gasteiger partial charge in [0, 0.05) is 10.7 Å². The minimum Gasteiger partial charge on any atom is -0.465 e. The highest BCUT2D eigenvalue weighted by Crippen LogP contribution is 2.08. The minimum absolute atomic E-state index is 0.187. The molecule has 78 valence electrons. The average Bonchev–Trinajstić information content (AvgIpc) is 1.82. The van der Waals surface area contributed by atoms with Crippen molar-refractivity contribution in [1.29, 1.82) is 0 Å². The van der Waals surface area contributed by atoms with Gasteiger partial charge in [0.15, 0.2) is 0 Å². The van der Waals surface area contributed by atoms with E-state index in [0.29, 0.717) is 0 Å². The van der Waals surface area contributed by atoms with E-state index in [1.54, 1.807) is 6.92 Å². The molecule has 0 radical (unpaired) electrons. The van der Waals surface area contributed by atoms with E-state index in [1.165, 1.54) is 13.8 Å². The van der Waals surface area contributed by atoms with Crippen molar-refractivity contribution in [2.75, 3.05) is 6.61 Å². The largest absolute Gasteiger partial charge is 0.465 e. The van der Waals surface area contributed by atoms with Gasteiger partial charge in [-0.2, -0.15) is 13.1 Å². The lowest BCUT2D eigenvalue weighted by atomic mass is 10.1. The molecular formula is C6H12ClNO4S. The van der Waals surface area contributed by atoms with Crippen molar-refractivity contribution in [2.24, 2.45) is 0 Å². The summed E-state index contributed by atoms with van der Waals surface area (Å²) in [6.45, 7) is 4.55. The fourth-order valence-corrected chi connectivity index (χ4v) is 1.93. The minimum atomic E-state index is -3.92. The Morgan fingerprint density at radius 3 is 2.31 bits per heavy atom. The Labute approximate surface area is 82.0 Å². The van der Waals surface area contributed by atoms with Crippen LogP contribution in [-0.4, -0.2) is 26.5 Å². The highest BCUT2D eigenvalue weighted by Gasteiger charge is 2.32. The maximum Gasteiger partial charge on any atom is 0.326 e. The number of ether oxygens (including phenoxy) is 1. The van der Waals surface area contributed by atoms with Gasteiger partial charge < -0.3 is 4.74 Å². The Bertz CT molecular complexity index is 285. The monoisotopic (exact) mass is 229 g/mol. The molecule has 0 saturated carbocycles. The smallest absolute Gasteiger partial charge is 0.326 e. The highest BCUT2D eigenvalue weighted by atomic mass is 35.7. The normalized spacial score (nSPS) is 12.6. The molecule has 0 rings (SSSR count). The molecule has 0 spiro atoms. The maximum atomic E-state index is 11.1. The molecule has 0 saturated heterocycles. The van der Waals surface area contributed by atoms with Gasteiger partial charge in [-0.3, -0.25) is 4.79 Å². The van der Waals surface area contributed by atoms with Gasteiger partial charge in [-0.15, -0.1) is 0 Å². The average molecular weight is 230 g/mol. The molecule has 0 aromatic heterocycles. The standard InChI is InChI=1S/C6H12ClNO4S/c1-4-12-5(9)6(2,3)8-13(7,10)11/h8H,4H2,1-3H3. The second kappa shape index (κ2) is 4.26. The topological polar surface area (TPSA) is 72.5 Å².